The zero-order valence-corrected chi connectivity index (χ0v) is 17.9. The maximum absolute atomic E-state index is 12.5. The lowest BCUT2D eigenvalue weighted by atomic mass is 9.86. The minimum absolute atomic E-state index is 0.0394. The Morgan fingerprint density at radius 3 is 2.96 bits per heavy atom. The molecule has 0 unspecified atom stereocenters. The highest BCUT2D eigenvalue weighted by Crippen LogP contribution is 2.41. The lowest BCUT2D eigenvalue weighted by Gasteiger charge is -2.24. The van der Waals surface area contributed by atoms with E-state index in [4.69, 9.17) is 21.7 Å². The van der Waals surface area contributed by atoms with E-state index < -0.39 is 0 Å². The second kappa shape index (κ2) is 6.69. The van der Waals surface area contributed by atoms with Crippen LogP contribution in [0.15, 0.2) is 46.9 Å². The summed E-state index contributed by atoms with van der Waals surface area (Å²) in [6, 6.07) is 13.6. The van der Waals surface area contributed by atoms with E-state index in [1.165, 1.54) is 11.3 Å². The molecule has 1 aliphatic rings. The number of rotatable bonds is 2. The number of benzene rings is 2. The van der Waals surface area contributed by atoms with Crippen LogP contribution < -0.4 is 5.32 Å². The average Bonchev–Trinajstić information content (AvgIpc) is 3.21. The summed E-state index contributed by atoms with van der Waals surface area (Å²) in [7, 11) is 0. The van der Waals surface area contributed by atoms with E-state index in [9.17, 15) is 4.79 Å². The van der Waals surface area contributed by atoms with Gasteiger partial charge in [0.25, 0.3) is 0 Å². The molecule has 5 rings (SSSR count). The van der Waals surface area contributed by atoms with E-state index in [1.54, 1.807) is 4.68 Å². The highest BCUT2D eigenvalue weighted by Gasteiger charge is 2.33. The van der Waals surface area contributed by atoms with Gasteiger partial charge in [0.1, 0.15) is 5.82 Å². The molecule has 28 heavy (non-hydrogen) atoms. The van der Waals surface area contributed by atoms with Gasteiger partial charge in [0.15, 0.2) is 0 Å². The van der Waals surface area contributed by atoms with Gasteiger partial charge in [-0.1, -0.05) is 51.0 Å². The maximum Gasteiger partial charge on any atom is 0.226 e. The fourth-order valence-electron chi connectivity index (χ4n) is 3.67. The van der Waals surface area contributed by atoms with Crippen molar-refractivity contribution in [3.8, 4) is 5.13 Å². The number of carbonyl (C=O) groups excluding carboxylic acids is 1. The van der Waals surface area contributed by atoms with Gasteiger partial charge in [-0.05, 0) is 42.8 Å². The molecule has 1 N–H and O–H groups in total. The van der Waals surface area contributed by atoms with Crippen LogP contribution in [0, 0.1) is 6.92 Å². The lowest BCUT2D eigenvalue weighted by molar-refractivity contribution is -0.116. The molecule has 0 saturated carbocycles. The first kappa shape index (κ1) is 17.8. The summed E-state index contributed by atoms with van der Waals surface area (Å²) in [5.41, 5.74) is 3.81. The number of aromatic nitrogens is 3. The van der Waals surface area contributed by atoms with Crippen LogP contribution in [-0.4, -0.2) is 20.7 Å². The van der Waals surface area contributed by atoms with Crippen LogP contribution >= 0.6 is 38.9 Å². The quantitative estimate of drug-likeness (QED) is 0.407. The van der Waals surface area contributed by atoms with Gasteiger partial charge in [-0.25, -0.2) is 4.98 Å². The largest absolute Gasteiger partial charge is 0.310 e. The summed E-state index contributed by atoms with van der Waals surface area (Å²) in [6.07, 6.45) is 0.368. The zero-order valence-electron chi connectivity index (χ0n) is 14.7. The van der Waals surface area contributed by atoms with Crippen LogP contribution in [0.25, 0.3) is 15.3 Å². The second-order valence-electron chi connectivity index (χ2n) is 6.73. The van der Waals surface area contributed by atoms with E-state index in [1.807, 2.05) is 49.4 Å². The smallest absolute Gasteiger partial charge is 0.226 e. The van der Waals surface area contributed by atoms with Crippen molar-refractivity contribution in [3.05, 3.63) is 68.8 Å². The molecule has 0 fully saturated rings. The van der Waals surface area contributed by atoms with Gasteiger partial charge in [-0.15, -0.1) is 0 Å². The van der Waals surface area contributed by atoms with Crippen LogP contribution in [0.3, 0.4) is 0 Å². The first-order chi connectivity index (χ1) is 13.5. The number of nitrogens with zero attached hydrogens (tertiary/aromatic N) is 3. The van der Waals surface area contributed by atoms with Crippen molar-refractivity contribution >= 4 is 60.8 Å². The monoisotopic (exact) mass is 472 g/mol. The van der Waals surface area contributed by atoms with Gasteiger partial charge in [0.05, 0.1) is 15.9 Å². The number of nitrogens with one attached hydrogen (secondary N) is 1. The molecule has 2 aromatic carbocycles. The van der Waals surface area contributed by atoms with Crippen LogP contribution in [0.1, 0.15) is 29.2 Å². The molecule has 4 aromatic rings. The highest BCUT2D eigenvalue weighted by molar-refractivity contribution is 9.10. The van der Waals surface area contributed by atoms with Crippen molar-refractivity contribution in [2.75, 3.05) is 5.32 Å². The van der Waals surface area contributed by atoms with E-state index in [0.717, 1.165) is 36.6 Å². The Morgan fingerprint density at radius 2 is 2.14 bits per heavy atom. The molecule has 1 aliphatic heterocycles. The predicted octanol–water partition coefficient (Wildman–Crippen LogP) is 5.68. The normalized spacial score (nSPS) is 16.2. The second-order valence-corrected chi connectivity index (χ2v) is 9.09. The van der Waals surface area contributed by atoms with Crippen LogP contribution in [-0.2, 0) is 4.79 Å². The van der Waals surface area contributed by atoms with Crippen molar-refractivity contribution in [1.29, 1.82) is 0 Å². The predicted molar refractivity (Wildman–Crippen MR) is 116 cm³/mol. The average molecular weight is 474 g/mol. The Kier molecular flexibility index (Phi) is 4.26. The minimum Gasteiger partial charge on any atom is -0.310 e. The molecule has 3 heterocycles. The number of fused-ring (bicyclic) bond motifs is 2. The lowest BCUT2D eigenvalue weighted by Crippen LogP contribution is -2.24. The summed E-state index contributed by atoms with van der Waals surface area (Å²) in [6.45, 7) is 1.97. The third kappa shape index (κ3) is 2.94. The topological polar surface area (TPSA) is 59.8 Å². The first-order valence-corrected chi connectivity index (χ1v) is 10.7. The SMILES string of the molecule is Cc1nn(-c2nc3ccc(Br)cc3s2)c2c1[C@H](c1cccc(Cl)c1)CC(=O)N2. The Morgan fingerprint density at radius 1 is 1.29 bits per heavy atom. The molecule has 0 bridgehead atoms. The molecule has 2 aromatic heterocycles. The molecular weight excluding hydrogens is 460 g/mol. The standard InChI is InChI=1S/C20H14BrClN4OS/c1-10-18-14(11-3-2-4-13(22)7-11)9-17(27)24-19(18)26(25-10)20-23-15-6-5-12(21)8-16(15)28-20/h2-8,14H,9H2,1H3,(H,24,27)/t14-/m0/s1. The summed E-state index contributed by atoms with van der Waals surface area (Å²) in [4.78, 5) is 17.2. The molecule has 0 aliphatic carbocycles. The van der Waals surface area contributed by atoms with Crippen LogP contribution in [0.4, 0.5) is 5.82 Å². The summed E-state index contributed by atoms with van der Waals surface area (Å²) in [5, 5.41) is 9.11. The number of aryl methyl sites for hydroxylation is 1. The van der Waals surface area contributed by atoms with E-state index in [0.29, 0.717) is 17.3 Å². The molecule has 0 radical (unpaired) electrons. The van der Waals surface area contributed by atoms with E-state index >= 15 is 0 Å². The fraction of sp³-hybridized carbons (Fsp3) is 0.150. The molecular formula is C20H14BrClN4OS. The summed E-state index contributed by atoms with van der Waals surface area (Å²) >= 11 is 11.2. The van der Waals surface area contributed by atoms with Crippen molar-refractivity contribution in [2.24, 2.45) is 0 Å². The number of anilines is 1. The number of amides is 1. The number of thiazole rings is 1. The molecule has 0 saturated heterocycles. The van der Waals surface area contributed by atoms with Crippen LogP contribution in [0.2, 0.25) is 5.02 Å². The highest BCUT2D eigenvalue weighted by atomic mass is 79.9. The molecule has 5 nitrogen and oxygen atoms in total. The Labute approximate surface area is 178 Å². The van der Waals surface area contributed by atoms with E-state index in [2.05, 4.69) is 21.2 Å². The number of halogens is 2. The van der Waals surface area contributed by atoms with Gasteiger partial charge in [0.2, 0.25) is 11.0 Å². The third-order valence-corrected chi connectivity index (χ3v) is 6.60. The fourth-order valence-corrected chi connectivity index (χ4v) is 5.35. The van der Waals surface area contributed by atoms with Crippen molar-refractivity contribution in [2.45, 2.75) is 19.3 Å². The molecule has 1 atom stereocenters. The van der Waals surface area contributed by atoms with E-state index in [-0.39, 0.29) is 11.8 Å². The summed E-state index contributed by atoms with van der Waals surface area (Å²) < 4.78 is 3.81. The van der Waals surface area contributed by atoms with Gasteiger partial charge in [-0.3, -0.25) is 4.79 Å². The molecule has 1 amide bonds. The third-order valence-electron chi connectivity index (χ3n) is 4.87. The van der Waals surface area contributed by atoms with Gasteiger partial charge >= 0.3 is 0 Å². The Bertz CT molecular complexity index is 1250. The molecule has 0 spiro atoms. The number of carbonyl (C=O) groups is 1. The van der Waals surface area contributed by atoms with Gasteiger partial charge < -0.3 is 5.32 Å². The number of hydrogen-bond donors (Lipinski definition) is 1. The number of hydrogen-bond acceptors (Lipinski definition) is 4. The maximum atomic E-state index is 12.5. The Hall–Kier alpha value is -2.22. The van der Waals surface area contributed by atoms with Crippen LogP contribution in [0.5, 0.6) is 0 Å². The molecule has 8 heteroatoms. The minimum atomic E-state index is -0.0836. The van der Waals surface area contributed by atoms with Gasteiger partial charge in [0, 0.05) is 27.4 Å². The van der Waals surface area contributed by atoms with Crippen molar-refractivity contribution in [3.63, 3.8) is 0 Å². The van der Waals surface area contributed by atoms with Crippen molar-refractivity contribution < 1.29 is 4.79 Å². The van der Waals surface area contributed by atoms with Crippen molar-refractivity contribution in [1.82, 2.24) is 14.8 Å². The summed E-state index contributed by atoms with van der Waals surface area (Å²) in [5.74, 6) is 0.569. The Balaban J connectivity index is 1.68. The molecule has 140 valence electrons. The van der Waals surface area contributed by atoms with Gasteiger partial charge in [-0.2, -0.15) is 9.78 Å². The zero-order chi connectivity index (χ0) is 19.4. The first-order valence-electron chi connectivity index (χ1n) is 8.71.